The summed E-state index contributed by atoms with van der Waals surface area (Å²) in [7, 11) is 2.14. The van der Waals surface area contributed by atoms with Crippen molar-refractivity contribution in [2.24, 2.45) is 0 Å². The van der Waals surface area contributed by atoms with Gasteiger partial charge in [-0.1, -0.05) is 12.1 Å². The molecule has 2 heterocycles. The maximum absolute atomic E-state index is 12.2. The molecule has 1 aromatic carbocycles. The van der Waals surface area contributed by atoms with Crippen LogP contribution in [0.5, 0.6) is 0 Å². The molecule has 0 aromatic heterocycles. The molecule has 3 rings (SSSR count). The van der Waals surface area contributed by atoms with Gasteiger partial charge in [-0.15, -0.1) is 0 Å². The zero-order chi connectivity index (χ0) is 19.4. The lowest BCUT2D eigenvalue weighted by Gasteiger charge is -2.31. The summed E-state index contributed by atoms with van der Waals surface area (Å²) in [4.78, 5) is 28.8. The third-order valence-corrected chi connectivity index (χ3v) is 5.50. The highest BCUT2D eigenvalue weighted by Gasteiger charge is 2.26. The number of hydrogen-bond acceptors (Lipinski definition) is 4. The third-order valence-electron chi connectivity index (χ3n) is 5.50. The standard InChI is InChI=1S/C21H32N4O2/c1-15(2)23-21(27)20(26)22-14-19(25-11-4-5-12-25)17-8-9-18-16(13-17)7-6-10-24(18)3/h8-9,13,15,19H,4-7,10-12,14H2,1-3H3,(H,22,26)(H,23,27)/t19-/m0/s1. The lowest BCUT2D eigenvalue weighted by molar-refractivity contribution is -0.139. The van der Waals surface area contributed by atoms with Gasteiger partial charge in [-0.25, -0.2) is 0 Å². The minimum atomic E-state index is -0.558. The van der Waals surface area contributed by atoms with Gasteiger partial charge in [0.1, 0.15) is 0 Å². The van der Waals surface area contributed by atoms with Crippen molar-refractivity contribution in [3.63, 3.8) is 0 Å². The average molecular weight is 373 g/mol. The number of aryl methyl sites for hydroxylation is 1. The summed E-state index contributed by atoms with van der Waals surface area (Å²) in [5.41, 5.74) is 3.93. The first-order chi connectivity index (χ1) is 13.0. The summed E-state index contributed by atoms with van der Waals surface area (Å²) >= 11 is 0. The molecule has 2 N–H and O–H groups in total. The van der Waals surface area contributed by atoms with Gasteiger partial charge in [-0.3, -0.25) is 14.5 Å². The van der Waals surface area contributed by atoms with E-state index in [9.17, 15) is 9.59 Å². The molecule has 6 heteroatoms. The second-order valence-electron chi connectivity index (χ2n) is 8.01. The van der Waals surface area contributed by atoms with Crippen molar-refractivity contribution in [3.8, 4) is 0 Å². The Morgan fingerprint density at radius 1 is 1.07 bits per heavy atom. The minimum absolute atomic E-state index is 0.0461. The summed E-state index contributed by atoms with van der Waals surface area (Å²) in [5, 5.41) is 5.50. The van der Waals surface area contributed by atoms with Gasteiger partial charge in [0.25, 0.3) is 0 Å². The fraction of sp³-hybridized carbons (Fsp3) is 0.619. The van der Waals surface area contributed by atoms with Gasteiger partial charge in [-0.2, -0.15) is 0 Å². The predicted octanol–water partition coefficient (Wildman–Crippen LogP) is 1.85. The molecule has 2 amide bonds. The minimum Gasteiger partial charge on any atom is -0.374 e. The molecule has 0 unspecified atom stereocenters. The van der Waals surface area contributed by atoms with Crippen LogP contribution in [0.25, 0.3) is 0 Å². The van der Waals surface area contributed by atoms with E-state index in [1.807, 2.05) is 13.8 Å². The Hall–Kier alpha value is -2.08. The van der Waals surface area contributed by atoms with Crippen molar-refractivity contribution in [1.29, 1.82) is 0 Å². The van der Waals surface area contributed by atoms with E-state index in [1.54, 1.807) is 0 Å². The first-order valence-corrected chi connectivity index (χ1v) is 10.1. The molecular formula is C21H32N4O2. The molecule has 2 aliphatic rings. The van der Waals surface area contributed by atoms with Crippen LogP contribution in [0.2, 0.25) is 0 Å². The Morgan fingerprint density at radius 3 is 2.52 bits per heavy atom. The van der Waals surface area contributed by atoms with Crippen LogP contribution in [0.1, 0.15) is 50.3 Å². The zero-order valence-electron chi connectivity index (χ0n) is 16.8. The van der Waals surface area contributed by atoms with Gasteiger partial charge in [0.2, 0.25) is 0 Å². The Balaban J connectivity index is 1.74. The van der Waals surface area contributed by atoms with E-state index < -0.39 is 11.8 Å². The van der Waals surface area contributed by atoms with Crippen LogP contribution >= 0.6 is 0 Å². The number of hydrogen-bond donors (Lipinski definition) is 2. The molecule has 0 radical (unpaired) electrons. The second-order valence-corrected chi connectivity index (χ2v) is 8.01. The van der Waals surface area contributed by atoms with Crippen molar-refractivity contribution in [2.45, 2.75) is 51.6 Å². The summed E-state index contributed by atoms with van der Waals surface area (Å²) < 4.78 is 0. The average Bonchev–Trinajstić information content (AvgIpc) is 3.15. The van der Waals surface area contributed by atoms with Crippen LogP contribution in [0.15, 0.2) is 18.2 Å². The Morgan fingerprint density at radius 2 is 1.81 bits per heavy atom. The highest BCUT2D eigenvalue weighted by Crippen LogP contribution is 2.31. The Labute approximate surface area is 162 Å². The first-order valence-electron chi connectivity index (χ1n) is 10.1. The molecule has 148 valence electrons. The molecule has 1 saturated heterocycles. The lowest BCUT2D eigenvalue weighted by atomic mass is 9.96. The summed E-state index contributed by atoms with van der Waals surface area (Å²) in [6.45, 7) is 7.33. The smallest absolute Gasteiger partial charge is 0.309 e. The number of likely N-dealkylation sites (tertiary alicyclic amines) is 1. The molecule has 1 fully saturated rings. The number of anilines is 1. The largest absolute Gasteiger partial charge is 0.374 e. The molecule has 0 bridgehead atoms. The van der Waals surface area contributed by atoms with Crippen molar-refractivity contribution in [1.82, 2.24) is 15.5 Å². The molecule has 0 aliphatic carbocycles. The van der Waals surface area contributed by atoms with Crippen LogP contribution in [0, 0.1) is 0 Å². The van der Waals surface area contributed by atoms with Gasteiger partial charge in [-0.05, 0) is 69.8 Å². The normalized spacial score (nSPS) is 18.3. The van der Waals surface area contributed by atoms with Crippen molar-refractivity contribution >= 4 is 17.5 Å². The van der Waals surface area contributed by atoms with E-state index in [1.165, 1.54) is 36.1 Å². The quantitative estimate of drug-likeness (QED) is 0.774. The maximum atomic E-state index is 12.2. The molecule has 0 spiro atoms. The number of carbonyl (C=O) groups excluding carboxylic acids is 2. The van der Waals surface area contributed by atoms with E-state index in [0.29, 0.717) is 6.54 Å². The second kappa shape index (κ2) is 8.74. The van der Waals surface area contributed by atoms with Gasteiger partial charge >= 0.3 is 11.8 Å². The number of nitrogens with zero attached hydrogens (tertiary/aromatic N) is 2. The molecule has 27 heavy (non-hydrogen) atoms. The van der Waals surface area contributed by atoms with Crippen molar-refractivity contribution < 1.29 is 9.59 Å². The number of amides is 2. The van der Waals surface area contributed by atoms with E-state index in [4.69, 9.17) is 0 Å². The fourth-order valence-electron chi connectivity index (χ4n) is 4.12. The highest BCUT2D eigenvalue weighted by atomic mass is 16.2. The predicted molar refractivity (Wildman–Crippen MR) is 108 cm³/mol. The van der Waals surface area contributed by atoms with E-state index in [0.717, 1.165) is 26.1 Å². The molecule has 2 aliphatic heterocycles. The van der Waals surface area contributed by atoms with Crippen molar-refractivity contribution in [2.75, 3.05) is 38.1 Å². The SMILES string of the molecule is CC(C)NC(=O)C(=O)NC[C@@H](c1ccc2c(c1)CCCN2C)N1CCCC1. The lowest BCUT2D eigenvalue weighted by Crippen LogP contribution is -2.45. The highest BCUT2D eigenvalue weighted by molar-refractivity contribution is 6.35. The zero-order valence-corrected chi connectivity index (χ0v) is 16.8. The molecule has 1 aromatic rings. The Bertz CT molecular complexity index is 683. The van der Waals surface area contributed by atoms with Gasteiger partial charge in [0.05, 0.1) is 6.04 Å². The van der Waals surface area contributed by atoms with Gasteiger partial charge in [0.15, 0.2) is 0 Å². The topological polar surface area (TPSA) is 64.7 Å². The number of benzene rings is 1. The fourth-order valence-corrected chi connectivity index (χ4v) is 4.12. The van der Waals surface area contributed by atoms with Crippen LogP contribution < -0.4 is 15.5 Å². The van der Waals surface area contributed by atoms with Crippen molar-refractivity contribution in [3.05, 3.63) is 29.3 Å². The number of nitrogens with one attached hydrogen (secondary N) is 2. The van der Waals surface area contributed by atoms with Gasteiger partial charge < -0.3 is 15.5 Å². The first kappa shape index (κ1) is 19.7. The molecule has 0 saturated carbocycles. The van der Waals surface area contributed by atoms with E-state index in [2.05, 4.69) is 45.7 Å². The van der Waals surface area contributed by atoms with Crippen LogP contribution in [-0.2, 0) is 16.0 Å². The van der Waals surface area contributed by atoms with E-state index >= 15 is 0 Å². The van der Waals surface area contributed by atoms with Gasteiger partial charge in [0, 0.05) is 31.9 Å². The van der Waals surface area contributed by atoms with Crippen LogP contribution in [-0.4, -0.2) is 56.0 Å². The summed E-state index contributed by atoms with van der Waals surface area (Å²) in [6.07, 6.45) is 4.65. The maximum Gasteiger partial charge on any atom is 0.309 e. The molecule has 1 atom stereocenters. The number of carbonyl (C=O) groups is 2. The number of rotatable bonds is 5. The van der Waals surface area contributed by atoms with E-state index in [-0.39, 0.29) is 12.1 Å². The summed E-state index contributed by atoms with van der Waals surface area (Å²) in [5.74, 6) is -1.11. The molecule has 6 nitrogen and oxygen atoms in total. The number of fused-ring (bicyclic) bond motifs is 1. The molecular weight excluding hydrogens is 340 g/mol. The third kappa shape index (κ3) is 4.80. The monoisotopic (exact) mass is 372 g/mol. The summed E-state index contributed by atoms with van der Waals surface area (Å²) in [6, 6.07) is 6.76. The Kier molecular flexibility index (Phi) is 6.37. The van der Waals surface area contributed by atoms with Crippen LogP contribution in [0.4, 0.5) is 5.69 Å². The van der Waals surface area contributed by atoms with Crippen LogP contribution in [0.3, 0.4) is 0 Å².